The van der Waals surface area contributed by atoms with Crippen molar-refractivity contribution >= 4 is 0 Å². The number of hydrogen-bond acceptors (Lipinski definition) is 4. The number of hydrogen-bond donors (Lipinski definition) is 1. The van der Waals surface area contributed by atoms with E-state index in [-0.39, 0.29) is 6.29 Å². The standard InChI is InChI=1S/C34H50O4/c35-21-13-5-3-1-2-4-11-19-31-32-25-29(18-10-7-14-22-36-27-28-16-8-6-9-17-28)24-30(32)26-33(31)38-34-20-12-15-23-37-34/h6,8-9,11,13,16-17,19,21,24,30-35H,1-5,7,10,12,14-15,18,20,22-23,25-27H2/t30-,31-,32-,33-,34?/m1/s1. The second-order valence-corrected chi connectivity index (χ2v) is 11.4. The molecule has 210 valence electrons. The van der Waals surface area contributed by atoms with E-state index < -0.39 is 0 Å². The van der Waals surface area contributed by atoms with Gasteiger partial charge in [0.25, 0.3) is 0 Å². The third kappa shape index (κ3) is 9.70. The van der Waals surface area contributed by atoms with Gasteiger partial charge in [-0.05, 0) is 94.4 Å². The van der Waals surface area contributed by atoms with Crippen molar-refractivity contribution in [1.82, 2.24) is 0 Å². The van der Waals surface area contributed by atoms with Gasteiger partial charge in [-0.1, -0.05) is 73.1 Å². The Labute approximate surface area is 231 Å². The number of aliphatic hydroxyl groups excluding tert-OH is 1. The summed E-state index contributed by atoms with van der Waals surface area (Å²) in [5.74, 6) is 1.86. The lowest BCUT2D eigenvalue weighted by Gasteiger charge is -2.29. The first-order valence-corrected chi connectivity index (χ1v) is 15.4. The molecule has 1 aromatic rings. The lowest BCUT2D eigenvalue weighted by atomic mass is 9.88. The number of allylic oxidation sites excluding steroid dienone is 4. The third-order valence-electron chi connectivity index (χ3n) is 8.49. The molecule has 1 aromatic carbocycles. The van der Waals surface area contributed by atoms with Crippen LogP contribution in [0.2, 0.25) is 0 Å². The van der Waals surface area contributed by atoms with Crippen molar-refractivity contribution in [3.05, 3.63) is 72.0 Å². The van der Waals surface area contributed by atoms with Gasteiger partial charge in [-0.15, -0.1) is 0 Å². The summed E-state index contributed by atoms with van der Waals surface area (Å²) >= 11 is 0. The fourth-order valence-electron chi connectivity index (χ4n) is 6.45. The molecule has 0 radical (unpaired) electrons. The Bertz CT molecular complexity index is 854. The summed E-state index contributed by atoms with van der Waals surface area (Å²) in [7, 11) is 0. The Morgan fingerprint density at radius 1 is 0.947 bits per heavy atom. The van der Waals surface area contributed by atoms with E-state index in [1.165, 1.54) is 56.9 Å². The Hall–Kier alpha value is -1.88. The lowest BCUT2D eigenvalue weighted by Crippen LogP contribution is -2.30. The maximum Gasteiger partial charge on any atom is 0.157 e. The molecule has 0 spiro atoms. The minimum atomic E-state index is -0.00406. The van der Waals surface area contributed by atoms with Crippen LogP contribution in [0.5, 0.6) is 0 Å². The molecule has 0 aromatic heterocycles. The van der Waals surface area contributed by atoms with Crippen molar-refractivity contribution in [3.8, 4) is 0 Å². The van der Waals surface area contributed by atoms with Crippen LogP contribution in [0.25, 0.3) is 0 Å². The summed E-state index contributed by atoms with van der Waals surface area (Å²) in [4.78, 5) is 0. The topological polar surface area (TPSA) is 47.9 Å². The van der Waals surface area contributed by atoms with E-state index in [4.69, 9.17) is 19.3 Å². The predicted octanol–water partition coefficient (Wildman–Crippen LogP) is 8.84. The van der Waals surface area contributed by atoms with Gasteiger partial charge in [-0.25, -0.2) is 0 Å². The molecule has 1 saturated heterocycles. The highest BCUT2D eigenvalue weighted by Crippen LogP contribution is 2.49. The molecule has 4 rings (SSSR count). The first-order valence-electron chi connectivity index (χ1n) is 15.4. The van der Waals surface area contributed by atoms with Crippen molar-refractivity contribution in [2.24, 2.45) is 17.8 Å². The molecule has 1 aliphatic heterocycles. The number of unbranched alkanes of at least 4 members (excludes halogenated alkanes) is 6. The van der Waals surface area contributed by atoms with Gasteiger partial charge < -0.3 is 19.3 Å². The normalized spacial score (nSPS) is 27.4. The molecule has 1 N–H and O–H groups in total. The van der Waals surface area contributed by atoms with Crippen LogP contribution in [0, 0.1) is 17.8 Å². The van der Waals surface area contributed by atoms with Crippen molar-refractivity contribution in [3.63, 3.8) is 0 Å². The second kappa shape index (κ2) is 16.9. The fourth-order valence-corrected chi connectivity index (χ4v) is 6.45. The molecule has 2 fully saturated rings. The highest BCUT2D eigenvalue weighted by Gasteiger charge is 2.45. The Morgan fingerprint density at radius 3 is 2.61 bits per heavy atom. The Morgan fingerprint density at radius 2 is 1.79 bits per heavy atom. The molecule has 1 heterocycles. The molecule has 3 aliphatic rings. The number of aliphatic hydroxyl groups is 1. The fraction of sp³-hybridized carbons (Fsp3) is 0.647. The Balaban J connectivity index is 1.18. The van der Waals surface area contributed by atoms with Crippen LogP contribution in [0.15, 0.2) is 66.5 Å². The zero-order valence-electron chi connectivity index (χ0n) is 23.4. The van der Waals surface area contributed by atoms with E-state index in [0.717, 1.165) is 64.6 Å². The largest absolute Gasteiger partial charge is 0.516 e. The first kappa shape index (κ1) is 29.1. The molecule has 38 heavy (non-hydrogen) atoms. The summed E-state index contributed by atoms with van der Waals surface area (Å²) in [6.07, 6.45) is 27.2. The molecule has 5 atom stereocenters. The minimum Gasteiger partial charge on any atom is -0.516 e. The average molecular weight is 523 g/mol. The van der Waals surface area contributed by atoms with Gasteiger partial charge in [-0.2, -0.15) is 0 Å². The number of fused-ring (bicyclic) bond motifs is 1. The van der Waals surface area contributed by atoms with Crippen LogP contribution in [-0.4, -0.2) is 30.7 Å². The molecular weight excluding hydrogens is 472 g/mol. The second-order valence-electron chi connectivity index (χ2n) is 11.4. The number of ether oxygens (including phenoxy) is 3. The smallest absolute Gasteiger partial charge is 0.157 e. The van der Waals surface area contributed by atoms with Gasteiger partial charge in [0.1, 0.15) is 0 Å². The minimum absolute atomic E-state index is 0.00406. The van der Waals surface area contributed by atoms with Gasteiger partial charge in [0.05, 0.1) is 19.0 Å². The summed E-state index contributed by atoms with van der Waals surface area (Å²) in [5.41, 5.74) is 2.93. The SMILES string of the molecule is OC=CCCCCCC=C[C@@H]1[C@@H]2CC(CCCCCOCc3ccccc3)=C[C@@H]2C[C@H]1OC1CCCCO1. The third-order valence-corrected chi connectivity index (χ3v) is 8.49. The predicted molar refractivity (Wildman–Crippen MR) is 155 cm³/mol. The van der Waals surface area contributed by atoms with Gasteiger partial charge >= 0.3 is 0 Å². The molecular formula is C34H50O4. The lowest BCUT2D eigenvalue weighted by molar-refractivity contribution is -0.192. The molecule has 4 heteroatoms. The highest BCUT2D eigenvalue weighted by molar-refractivity contribution is 5.21. The molecule has 2 aliphatic carbocycles. The number of benzene rings is 1. The van der Waals surface area contributed by atoms with Crippen LogP contribution in [0.4, 0.5) is 0 Å². The van der Waals surface area contributed by atoms with E-state index in [0.29, 0.717) is 23.9 Å². The molecule has 1 saturated carbocycles. The van der Waals surface area contributed by atoms with Gasteiger partial charge in [0.2, 0.25) is 0 Å². The van der Waals surface area contributed by atoms with Crippen LogP contribution in [0.3, 0.4) is 0 Å². The van der Waals surface area contributed by atoms with Crippen LogP contribution in [-0.2, 0) is 20.8 Å². The monoisotopic (exact) mass is 522 g/mol. The summed E-state index contributed by atoms with van der Waals surface area (Å²) in [5, 5.41) is 8.77. The quantitative estimate of drug-likeness (QED) is 0.126. The van der Waals surface area contributed by atoms with Crippen molar-refractivity contribution in [2.45, 2.75) is 109 Å². The number of rotatable bonds is 17. The molecule has 0 amide bonds. The van der Waals surface area contributed by atoms with Gasteiger partial charge in [0.15, 0.2) is 6.29 Å². The van der Waals surface area contributed by atoms with Crippen molar-refractivity contribution < 1.29 is 19.3 Å². The first-order chi connectivity index (χ1) is 18.8. The maximum atomic E-state index is 8.77. The zero-order chi connectivity index (χ0) is 26.3. The van der Waals surface area contributed by atoms with E-state index in [1.807, 2.05) is 6.08 Å². The molecule has 4 nitrogen and oxygen atoms in total. The zero-order valence-corrected chi connectivity index (χ0v) is 23.4. The molecule has 0 bridgehead atoms. The van der Waals surface area contributed by atoms with Crippen molar-refractivity contribution in [1.29, 1.82) is 0 Å². The summed E-state index contributed by atoms with van der Waals surface area (Å²) < 4.78 is 18.4. The van der Waals surface area contributed by atoms with Crippen molar-refractivity contribution in [2.75, 3.05) is 13.2 Å². The molecule has 1 unspecified atom stereocenters. The van der Waals surface area contributed by atoms with Crippen LogP contribution < -0.4 is 0 Å². The van der Waals surface area contributed by atoms with E-state index in [9.17, 15) is 0 Å². The van der Waals surface area contributed by atoms with E-state index in [2.05, 4.69) is 48.6 Å². The summed E-state index contributed by atoms with van der Waals surface area (Å²) in [6, 6.07) is 10.4. The van der Waals surface area contributed by atoms with Crippen LogP contribution >= 0.6 is 0 Å². The average Bonchev–Trinajstić information content (AvgIpc) is 3.48. The Kier molecular flexibility index (Phi) is 13.0. The van der Waals surface area contributed by atoms with E-state index in [1.54, 1.807) is 5.57 Å². The summed E-state index contributed by atoms with van der Waals surface area (Å²) in [6.45, 7) is 2.42. The van der Waals surface area contributed by atoms with E-state index >= 15 is 0 Å². The van der Waals surface area contributed by atoms with Gasteiger partial charge in [0, 0.05) is 19.1 Å². The van der Waals surface area contributed by atoms with Crippen LogP contribution in [0.1, 0.15) is 95.5 Å². The maximum absolute atomic E-state index is 8.77. The highest BCUT2D eigenvalue weighted by atomic mass is 16.7. The van der Waals surface area contributed by atoms with Gasteiger partial charge in [-0.3, -0.25) is 0 Å².